The van der Waals surface area contributed by atoms with Crippen LogP contribution in [0.2, 0.25) is 0 Å². The minimum atomic E-state index is 1.12. The molecular weight excluding hydrogens is 287 g/mol. The van der Waals surface area contributed by atoms with Crippen LogP contribution in [0, 0.1) is 6.58 Å². The second-order valence-electron chi connectivity index (χ2n) is 1.46. The SMILES string of the molecule is [CH-]=C/C(C)=C\[C](P)=[W]. The van der Waals surface area contributed by atoms with Crippen molar-refractivity contribution >= 4 is 12.9 Å². The fourth-order valence-electron chi connectivity index (χ4n) is 0.273. The molecule has 8 heavy (non-hydrogen) atoms. The van der Waals surface area contributed by atoms with Gasteiger partial charge >= 0.3 is 63.5 Å². The molecule has 0 saturated heterocycles. The molecule has 1 atom stereocenters. The molecule has 0 radical (unpaired) electrons. The Kier molecular flexibility index (Phi) is 4.61. The van der Waals surface area contributed by atoms with E-state index in [1.54, 1.807) is 6.08 Å². The monoisotopic (exact) mass is 295 g/mol. The quantitative estimate of drug-likeness (QED) is 0.411. The molecule has 0 N–H and O–H groups in total. The predicted molar refractivity (Wildman–Crippen MR) is 37.3 cm³/mol. The number of allylic oxidation sites excluding steroid dienone is 3. The summed E-state index contributed by atoms with van der Waals surface area (Å²) in [5, 5.41) is 0. The van der Waals surface area contributed by atoms with Crippen LogP contribution in [0.4, 0.5) is 0 Å². The first kappa shape index (κ1) is 8.47. The maximum absolute atomic E-state index is 5.21. The van der Waals surface area contributed by atoms with Crippen LogP contribution >= 0.6 is 9.24 Å². The van der Waals surface area contributed by atoms with E-state index in [9.17, 15) is 0 Å². The summed E-state index contributed by atoms with van der Waals surface area (Å²) in [7, 11) is 2.63. The van der Waals surface area contributed by atoms with Gasteiger partial charge in [-0.05, 0) is 0 Å². The standard InChI is InChI=1S/C6H8P.W/c1-3-6(2)4-5-7;/h1,3-4H,7H2,2H3;/q-1;/b6-4-;. The third kappa shape index (κ3) is 4.62. The molecule has 0 bridgehead atoms. The summed E-state index contributed by atoms with van der Waals surface area (Å²) < 4.78 is 1.28. The Morgan fingerprint density at radius 2 is 2.25 bits per heavy atom. The van der Waals surface area contributed by atoms with Crippen LogP contribution in [-0.2, 0) is 19.4 Å². The molecule has 2 heteroatoms. The molecule has 0 spiro atoms. The van der Waals surface area contributed by atoms with E-state index in [-0.39, 0.29) is 0 Å². The number of rotatable bonds is 2. The summed E-state index contributed by atoms with van der Waals surface area (Å²) >= 11 is 1.46. The maximum atomic E-state index is 5.21. The molecule has 0 saturated carbocycles. The second-order valence-corrected chi connectivity index (χ2v) is 5.41. The Balaban J connectivity index is 3.94. The van der Waals surface area contributed by atoms with E-state index < -0.39 is 0 Å². The molecule has 0 heterocycles. The Morgan fingerprint density at radius 1 is 1.75 bits per heavy atom. The minimum absolute atomic E-state index is 1.12. The van der Waals surface area contributed by atoms with E-state index in [1.165, 1.54) is 23.0 Å². The molecular formula is C6H8PW-. The van der Waals surface area contributed by atoms with Gasteiger partial charge in [0.15, 0.2) is 0 Å². The molecule has 0 fully saturated rings. The average molecular weight is 295 g/mol. The summed E-state index contributed by atoms with van der Waals surface area (Å²) in [6.45, 7) is 7.19. The van der Waals surface area contributed by atoms with Gasteiger partial charge in [-0.1, -0.05) is 0 Å². The third-order valence-electron chi connectivity index (χ3n) is 0.633. The van der Waals surface area contributed by atoms with E-state index in [4.69, 9.17) is 6.58 Å². The van der Waals surface area contributed by atoms with Gasteiger partial charge in [0, 0.05) is 0 Å². The molecule has 44 valence electrons. The van der Waals surface area contributed by atoms with Crippen LogP contribution in [0.15, 0.2) is 17.7 Å². The summed E-state index contributed by atoms with van der Waals surface area (Å²) in [5.41, 5.74) is 1.12. The third-order valence-corrected chi connectivity index (χ3v) is 1.22. The summed E-state index contributed by atoms with van der Waals surface area (Å²) in [5.74, 6) is 0. The first-order chi connectivity index (χ1) is 3.66. The topological polar surface area (TPSA) is 0 Å². The molecule has 0 nitrogen and oxygen atoms in total. The van der Waals surface area contributed by atoms with Gasteiger partial charge in [0.1, 0.15) is 0 Å². The summed E-state index contributed by atoms with van der Waals surface area (Å²) in [6, 6.07) is 0. The van der Waals surface area contributed by atoms with Crippen molar-refractivity contribution in [3.8, 4) is 0 Å². The molecule has 0 rings (SSSR count). The van der Waals surface area contributed by atoms with Crippen LogP contribution in [0.1, 0.15) is 6.92 Å². The van der Waals surface area contributed by atoms with Crippen LogP contribution < -0.4 is 0 Å². The molecule has 0 aromatic rings. The Hall–Kier alpha value is 0.468. The van der Waals surface area contributed by atoms with Crippen molar-refractivity contribution < 1.29 is 19.4 Å². The molecule has 0 aromatic carbocycles. The first-order valence-corrected chi connectivity index (χ1v) is 4.24. The van der Waals surface area contributed by atoms with Crippen molar-refractivity contribution in [2.24, 2.45) is 0 Å². The molecule has 0 aromatic heterocycles. The van der Waals surface area contributed by atoms with Gasteiger partial charge in [0.05, 0.1) is 0 Å². The van der Waals surface area contributed by atoms with Gasteiger partial charge in [-0.25, -0.2) is 0 Å². The van der Waals surface area contributed by atoms with Crippen molar-refractivity contribution in [3.05, 3.63) is 24.3 Å². The van der Waals surface area contributed by atoms with E-state index >= 15 is 0 Å². The van der Waals surface area contributed by atoms with Crippen LogP contribution in [0.25, 0.3) is 0 Å². The summed E-state index contributed by atoms with van der Waals surface area (Å²) in [6.07, 6.45) is 3.65. The normalized spacial score (nSPS) is 11.0. The molecule has 0 aliphatic carbocycles. The van der Waals surface area contributed by atoms with E-state index in [0.717, 1.165) is 5.57 Å². The predicted octanol–water partition coefficient (Wildman–Crippen LogP) is 1.47. The first-order valence-electron chi connectivity index (χ1n) is 2.19. The van der Waals surface area contributed by atoms with Crippen LogP contribution in [-0.4, -0.2) is 3.64 Å². The van der Waals surface area contributed by atoms with Crippen molar-refractivity contribution in [1.82, 2.24) is 0 Å². The van der Waals surface area contributed by atoms with Gasteiger partial charge in [0.2, 0.25) is 0 Å². The van der Waals surface area contributed by atoms with Crippen molar-refractivity contribution in [2.75, 3.05) is 0 Å². The number of hydrogen-bond donors (Lipinski definition) is 0. The Bertz CT molecular complexity index is 135. The molecule has 0 aliphatic heterocycles. The average Bonchev–Trinajstić information content (AvgIpc) is 1.65. The molecule has 1 unspecified atom stereocenters. The zero-order chi connectivity index (χ0) is 6.57. The van der Waals surface area contributed by atoms with Crippen molar-refractivity contribution in [2.45, 2.75) is 6.92 Å². The van der Waals surface area contributed by atoms with E-state index in [1.807, 2.05) is 13.0 Å². The summed E-state index contributed by atoms with van der Waals surface area (Å²) in [4.78, 5) is 0. The van der Waals surface area contributed by atoms with Crippen LogP contribution in [0.5, 0.6) is 0 Å². The van der Waals surface area contributed by atoms with Crippen LogP contribution in [0.3, 0.4) is 0 Å². The zero-order valence-electron chi connectivity index (χ0n) is 4.72. The van der Waals surface area contributed by atoms with Gasteiger partial charge in [-0.15, -0.1) is 0 Å². The fraction of sp³-hybridized carbons (Fsp3) is 0.167. The van der Waals surface area contributed by atoms with Gasteiger partial charge in [-0.2, -0.15) is 0 Å². The van der Waals surface area contributed by atoms with Gasteiger partial charge < -0.3 is 0 Å². The molecule has 0 aliphatic rings. The van der Waals surface area contributed by atoms with E-state index in [0.29, 0.717) is 0 Å². The van der Waals surface area contributed by atoms with E-state index in [2.05, 4.69) is 9.24 Å². The second kappa shape index (κ2) is 4.36. The number of hydrogen-bond acceptors (Lipinski definition) is 0. The van der Waals surface area contributed by atoms with Crippen molar-refractivity contribution in [1.29, 1.82) is 0 Å². The Labute approximate surface area is 63.7 Å². The zero-order valence-corrected chi connectivity index (χ0v) is 8.81. The van der Waals surface area contributed by atoms with Crippen molar-refractivity contribution in [3.63, 3.8) is 0 Å². The van der Waals surface area contributed by atoms with Gasteiger partial charge in [-0.3, -0.25) is 0 Å². The van der Waals surface area contributed by atoms with Gasteiger partial charge in [0.25, 0.3) is 0 Å². The Morgan fingerprint density at radius 3 is 2.38 bits per heavy atom. The fourth-order valence-corrected chi connectivity index (χ4v) is 1.20. The molecule has 0 amide bonds.